The Kier molecular flexibility index (Phi) is 5.57. The SMILES string of the molecule is C[C@H](NC(=O)OC(C)(C)C)c1cc2cccc(-c3cc[nH]n3)c2c(=O)n1-c1ccccc1. The highest BCUT2D eigenvalue weighted by Gasteiger charge is 2.22. The van der Waals surface area contributed by atoms with Crippen LogP contribution >= 0.6 is 0 Å². The first kappa shape index (κ1) is 21.4. The van der Waals surface area contributed by atoms with Crippen LogP contribution in [0.1, 0.15) is 39.4 Å². The van der Waals surface area contributed by atoms with E-state index >= 15 is 0 Å². The van der Waals surface area contributed by atoms with E-state index < -0.39 is 17.7 Å². The number of amides is 1. The summed E-state index contributed by atoms with van der Waals surface area (Å²) in [7, 11) is 0. The van der Waals surface area contributed by atoms with Crippen molar-refractivity contribution in [2.24, 2.45) is 0 Å². The number of aromatic amines is 1. The van der Waals surface area contributed by atoms with Crippen molar-refractivity contribution in [2.45, 2.75) is 39.3 Å². The average Bonchev–Trinajstić information content (AvgIpc) is 3.27. The van der Waals surface area contributed by atoms with Gasteiger partial charge in [-0.15, -0.1) is 0 Å². The highest BCUT2D eigenvalue weighted by Crippen LogP contribution is 2.28. The number of nitrogens with zero attached hydrogens (tertiary/aromatic N) is 2. The molecule has 2 aromatic heterocycles. The van der Waals surface area contributed by atoms with Crippen LogP contribution in [0, 0.1) is 0 Å². The number of fused-ring (bicyclic) bond motifs is 1. The lowest BCUT2D eigenvalue weighted by atomic mass is 10.0. The first-order valence-electron chi connectivity index (χ1n) is 10.5. The number of benzene rings is 2. The van der Waals surface area contributed by atoms with Gasteiger partial charge in [-0.05, 0) is 57.3 Å². The molecule has 4 aromatic rings. The number of hydrogen-bond donors (Lipinski definition) is 2. The van der Waals surface area contributed by atoms with Crippen molar-refractivity contribution in [3.05, 3.63) is 82.9 Å². The minimum absolute atomic E-state index is 0.180. The van der Waals surface area contributed by atoms with Crippen LogP contribution < -0.4 is 10.9 Å². The Morgan fingerprint density at radius 1 is 1.09 bits per heavy atom. The number of pyridine rings is 1. The van der Waals surface area contributed by atoms with Gasteiger partial charge in [0, 0.05) is 23.1 Å². The molecule has 0 saturated carbocycles. The second kappa shape index (κ2) is 8.34. The summed E-state index contributed by atoms with van der Waals surface area (Å²) in [6.07, 6.45) is 1.19. The van der Waals surface area contributed by atoms with Gasteiger partial charge in [0.05, 0.1) is 17.1 Å². The van der Waals surface area contributed by atoms with Crippen LogP contribution in [-0.2, 0) is 4.74 Å². The van der Waals surface area contributed by atoms with E-state index in [0.29, 0.717) is 22.5 Å². The summed E-state index contributed by atoms with van der Waals surface area (Å²) < 4.78 is 7.05. The van der Waals surface area contributed by atoms with E-state index in [1.807, 2.05) is 88.4 Å². The third-order valence-electron chi connectivity index (χ3n) is 5.04. The van der Waals surface area contributed by atoms with Crippen molar-refractivity contribution in [1.29, 1.82) is 0 Å². The van der Waals surface area contributed by atoms with Gasteiger partial charge in [-0.25, -0.2) is 4.79 Å². The fraction of sp³-hybridized carbons (Fsp3) is 0.240. The lowest BCUT2D eigenvalue weighted by Crippen LogP contribution is -2.36. The number of aromatic nitrogens is 3. The molecule has 7 nitrogen and oxygen atoms in total. The normalized spacial score (nSPS) is 12.5. The van der Waals surface area contributed by atoms with Crippen molar-refractivity contribution in [2.75, 3.05) is 0 Å². The molecule has 2 aromatic carbocycles. The first-order chi connectivity index (χ1) is 15.2. The van der Waals surface area contributed by atoms with Crippen molar-refractivity contribution >= 4 is 16.9 Å². The monoisotopic (exact) mass is 430 g/mol. The van der Waals surface area contributed by atoms with Gasteiger partial charge < -0.3 is 10.1 Å². The molecule has 1 amide bonds. The second-order valence-electron chi connectivity index (χ2n) is 8.64. The number of carbonyl (C=O) groups is 1. The predicted octanol–water partition coefficient (Wildman–Crippen LogP) is 4.97. The fourth-order valence-electron chi connectivity index (χ4n) is 3.73. The second-order valence-corrected chi connectivity index (χ2v) is 8.64. The Morgan fingerprint density at radius 3 is 2.50 bits per heavy atom. The van der Waals surface area contributed by atoms with Crippen LogP contribution in [-0.4, -0.2) is 26.5 Å². The summed E-state index contributed by atoms with van der Waals surface area (Å²) in [5, 5.41) is 11.3. The number of ether oxygens (including phenoxy) is 1. The predicted molar refractivity (Wildman–Crippen MR) is 125 cm³/mol. The zero-order chi connectivity index (χ0) is 22.9. The molecule has 164 valence electrons. The number of rotatable bonds is 4. The van der Waals surface area contributed by atoms with Crippen LogP contribution in [0.2, 0.25) is 0 Å². The summed E-state index contributed by atoms with van der Waals surface area (Å²) in [6.45, 7) is 7.26. The van der Waals surface area contributed by atoms with Gasteiger partial charge in [0.2, 0.25) is 0 Å². The quantitative estimate of drug-likeness (QED) is 0.479. The van der Waals surface area contributed by atoms with Crippen molar-refractivity contribution in [3.63, 3.8) is 0 Å². The van der Waals surface area contributed by atoms with Crippen molar-refractivity contribution < 1.29 is 9.53 Å². The van der Waals surface area contributed by atoms with E-state index in [0.717, 1.165) is 10.9 Å². The highest BCUT2D eigenvalue weighted by atomic mass is 16.6. The lowest BCUT2D eigenvalue weighted by molar-refractivity contribution is 0.0506. The Labute approximate surface area is 186 Å². The zero-order valence-electron chi connectivity index (χ0n) is 18.5. The topological polar surface area (TPSA) is 89.0 Å². The molecule has 0 aliphatic heterocycles. The molecule has 0 radical (unpaired) electrons. The molecule has 32 heavy (non-hydrogen) atoms. The largest absolute Gasteiger partial charge is 0.444 e. The molecule has 7 heteroatoms. The number of para-hydroxylation sites is 1. The summed E-state index contributed by atoms with van der Waals surface area (Å²) in [6, 6.07) is 18.4. The van der Waals surface area contributed by atoms with Gasteiger partial charge in [0.1, 0.15) is 5.60 Å². The maximum atomic E-state index is 13.9. The number of alkyl carbamates (subject to hydrolysis) is 1. The van der Waals surface area contributed by atoms with Crippen molar-refractivity contribution in [1.82, 2.24) is 20.1 Å². The molecule has 0 bridgehead atoms. The highest BCUT2D eigenvalue weighted by molar-refractivity contribution is 5.95. The molecule has 4 rings (SSSR count). The van der Waals surface area contributed by atoms with Gasteiger partial charge in [-0.1, -0.05) is 36.4 Å². The third-order valence-corrected chi connectivity index (χ3v) is 5.04. The summed E-state index contributed by atoms with van der Waals surface area (Å²) in [5.41, 5.74) is 2.01. The fourth-order valence-corrected chi connectivity index (χ4v) is 3.73. The van der Waals surface area contributed by atoms with Gasteiger partial charge in [0.25, 0.3) is 5.56 Å². The summed E-state index contributed by atoms with van der Waals surface area (Å²) in [4.78, 5) is 26.3. The van der Waals surface area contributed by atoms with E-state index in [4.69, 9.17) is 4.74 Å². The van der Waals surface area contributed by atoms with Crippen LogP contribution in [0.25, 0.3) is 27.7 Å². The standard InChI is InChI=1S/C25H26N4O3/c1-16(27-24(31)32-25(2,3)4)21-15-17-9-8-12-19(20-13-14-26-28-20)22(17)23(30)29(21)18-10-6-5-7-11-18/h5-16H,1-4H3,(H,26,28)(H,27,31)/t16-/m0/s1. The van der Waals surface area contributed by atoms with E-state index in [1.165, 1.54) is 0 Å². The Balaban J connectivity index is 1.91. The molecule has 0 saturated heterocycles. The number of carbonyl (C=O) groups excluding carboxylic acids is 1. The minimum atomic E-state index is -0.620. The molecule has 0 fully saturated rings. The van der Waals surface area contributed by atoms with Crippen LogP contribution in [0.4, 0.5) is 4.79 Å². The Morgan fingerprint density at radius 2 is 1.84 bits per heavy atom. The molecule has 0 spiro atoms. The Hall–Kier alpha value is -3.87. The van der Waals surface area contributed by atoms with Crippen LogP contribution in [0.15, 0.2) is 71.7 Å². The average molecular weight is 431 g/mol. The smallest absolute Gasteiger partial charge is 0.408 e. The van der Waals surface area contributed by atoms with E-state index in [9.17, 15) is 9.59 Å². The summed E-state index contributed by atoms with van der Waals surface area (Å²) in [5.74, 6) is 0. The van der Waals surface area contributed by atoms with Gasteiger partial charge in [-0.3, -0.25) is 14.5 Å². The molecule has 2 N–H and O–H groups in total. The van der Waals surface area contributed by atoms with Crippen molar-refractivity contribution in [3.8, 4) is 16.9 Å². The number of H-pyrrole nitrogens is 1. The maximum Gasteiger partial charge on any atom is 0.408 e. The van der Waals surface area contributed by atoms with Crippen LogP contribution in [0.3, 0.4) is 0 Å². The van der Waals surface area contributed by atoms with E-state index in [1.54, 1.807) is 10.8 Å². The number of nitrogens with one attached hydrogen (secondary N) is 2. The zero-order valence-corrected chi connectivity index (χ0v) is 18.5. The molecule has 2 heterocycles. The van der Waals surface area contributed by atoms with Crippen LogP contribution in [0.5, 0.6) is 0 Å². The Bertz CT molecular complexity index is 1300. The first-order valence-corrected chi connectivity index (χ1v) is 10.5. The van der Waals surface area contributed by atoms with Gasteiger partial charge >= 0.3 is 6.09 Å². The van der Waals surface area contributed by atoms with E-state index in [-0.39, 0.29) is 5.56 Å². The number of hydrogen-bond acceptors (Lipinski definition) is 4. The molecule has 0 aliphatic carbocycles. The molecule has 1 atom stereocenters. The van der Waals surface area contributed by atoms with Gasteiger partial charge in [-0.2, -0.15) is 5.10 Å². The molecule has 0 unspecified atom stereocenters. The van der Waals surface area contributed by atoms with Gasteiger partial charge in [0.15, 0.2) is 0 Å². The molecule has 0 aliphatic rings. The summed E-state index contributed by atoms with van der Waals surface area (Å²) >= 11 is 0. The molecular weight excluding hydrogens is 404 g/mol. The van der Waals surface area contributed by atoms with E-state index in [2.05, 4.69) is 15.5 Å². The minimum Gasteiger partial charge on any atom is -0.444 e. The lowest BCUT2D eigenvalue weighted by Gasteiger charge is -2.24. The maximum absolute atomic E-state index is 13.9. The third kappa shape index (κ3) is 4.27. The molecular formula is C25H26N4O3.